The second-order valence-electron chi connectivity index (χ2n) is 3.08. The van der Waals surface area contributed by atoms with Gasteiger partial charge in [0.1, 0.15) is 0 Å². The fraction of sp³-hybridized carbons (Fsp3) is 0.727. The molecule has 0 aliphatic rings. The van der Waals surface area contributed by atoms with Crippen molar-refractivity contribution in [3.8, 4) is 0 Å². The zero-order valence-corrected chi connectivity index (χ0v) is 8.34. The van der Waals surface area contributed by atoms with Crippen molar-refractivity contribution in [3.05, 3.63) is 17.9 Å². The van der Waals surface area contributed by atoms with Crippen molar-refractivity contribution in [2.24, 2.45) is 11.7 Å². The molecular formula is C11H21N. The van der Waals surface area contributed by atoms with Crippen LogP contribution in [0.15, 0.2) is 17.9 Å². The Labute approximate surface area is 76.3 Å². The van der Waals surface area contributed by atoms with Crippen LogP contribution in [0, 0.1) is 5.92 Å². The second kappa shape index (κ2) is 8.58. The van der Waals surface area contributed by atoms with Crippen molar-refractivity contribution in [3.63, 3.8) is 0 Å². The molecule has 1 unspecified atom stereocenters. The Bertz CT molecular complexity index is 143. The number of hydrogen-bond donors (Lipinski definition) is 1. The molecule has 0 rings (SSSR count). The molecule has 0 radical (unpaired) electrons. The van der Waals surface area contributed by atoms with Crippen molar-refractivity contribution in [1.82, 2.24) is 0 Å². The standard InChI is InChI=1S/C11H21N/c1-3-5-8-11(4-2)9-6-7-10-12/h7,9,11H,3-5,8,10,12H2,1-2H3. The van der Waals surface area contributed by atoms with Gasteiger partial charge in [-0.05, 0) is 30.9 Å². The molecule has 0 aliphatic heterocycles. The largest absolute Gasteiger partial charge is 0.326 e. The maximum Gasteiger partial charge on any atom is 0.0182 e. The first-order chi connectivity index (χ1) is 5.85. The minimum absolute atomic E-state index is 0.598. The maximum atomic E-state index is 5.32. The van der Waals surface area contributed by atoms with Crippen molar-refractivity contribution in [2.75, 3.05) is 6.54 Å². The summed E-state index contributed by atoms with van der Waals surface area (Å²) in [6.07, 6.45) is 9.14. The Hall–Kier alpha value is -0.520. The Morgan fingerprint density at radius 2 is 2.17 bits per heavy atom. The summed E-state index contributed by atoms with van der Waals surface area (Å²) in [5, 5.41) is 0. The fourth-order valence-electron chi connectivity index (χ4n) is 1.14. The zero-order valence-electron chi connectivity index (χ0n) is 8.34. The lowest BCUT2D eigenvalue weighted by Gasteiger charge is -2.06. The highest BCUT2D eigenvalue weighted by Gasteiger charge is 1.98. The monoisotopic (exact) mass is 167 g/mol. The quantitative estimate of drug-likeness (QED) is 0.605. The zero-order chi connectivity index (χ0) is 9.23. The van der Waals surface area contributed by atoms with E-state index in [0.29, 0.717) is 12.5 Å². The van der Waals surface area contributed by atoms with E-state index in [9.17, 15) is 0 Å². The smallest absolute Gasteiger partial charge is 0.0182 e. The van der Waals surface area contributed by atoms with E-state index in [2.05, 4.69) is 25.7 Å². The molecule has 2 N–H and O–H groups in total. The van der Waals surface area contributed by atoms with E-state index in [1.54, 1.807) is 0 Å². The SMILES string of the molecule is CCCCC(C=C=CCN)CC. The summed E-state index contributed by atoms with van der Waals surface area (Å²) in [5.74, 6) is 0.702. The summed E-state index contributed by atoms with van der Waals surface area (Å²) in [5.41, 5.74) is 8.44. The summed E-state index contributed by atoms with van der Waals surface area (Å²) < 4.78 is 0. The molecule has 12 heavy (non-hydrogen) atoms. The molecule has 0 aliphatic carbocycles. The molecule has 0 aromatic rings. The van der Waals surface area contributed by atoms with E-state index in [1.165, 1.54) is 25.7 Å². The summed E-state index contributed by atoms with van der Waals surface area (Å²) >= 11 is 0. The first-order valence-corrected chi connectivity index (χ1v) is 4.96. The average Bonchev–Trinajstić information content (AvgIpc) is 2.11. The summed E-state index contributed by atoms with van der Waals surface area (Å²) in [6, 6.07) is 0. The van der Waals surface area contributed by atoms with Crippen LogP contribution in [-0.2, 0) is 0 Å². The summed E-state index contributed by atoms with van der Waals surface area (Å²) in [6.45, 7) is 5.05. The normalized spacial score (nSPS) is 11.9. The minimum atomic E-state index is 0.598. The van der Waals surface area contributed by atoms with Gasteiger partial charge in [0, 0.05) is 6.54 Å². The predicted octanol–water partition coefficient (Wildman–Crippen LogP) is 2.87. The molecule has 1 atom stereocenters. The lowest BCUT2D eigenvalue weighted by atomic mass is 9.99. The minimum Gasteiger partial charge on any atom is -0.326 e. The highest BCUT2D eigenvalue weighted by atomic mass is 14.5. The van der Waals surface area contributed by atoms with Gasteiger partial charge in [0.2, 0.25) is 0 Å². The van der Waals surface area contributed by atoms with Gasteiger partial charge in [0.15, 0.2) is 0 Å². The van der Waals surface area contributed by atoms with E-state index < -0.39 is 0 Å². The van der Waals surface area contributed by atoms with Gasteiger partial charge >= 0.3 is 0 Å². The molecule has 0 aromatic carbocycles. The number of hydrogen-bond acceptors (Lipinski definition) is 1. The summed E-state index contributed by atoms with van der Waals surface area (Å²) in [7, 11) is 0. The molecule has 0 aromatic heterocycles. The van der Waals surface area contributed by atoms with Crippen LogP contribution in [0.25, 0.3) is 0 Å². The van der Waals surface area contributed by atoms with Crippen LogP contribution in [-0.4, -0.2) is 6.54 Å². The molecule has 0 heterocycles. The second-order valence-corrected chi connectivity index (χ2v) is 3.08. The van der Waals surface area contributed by atoms with Gasteiger partial charge in [-0.15, -0.1) is 5.73 Å². The lowest BCUT2D eigenvalue weighted by Crippen LogP contribution is -1.94. The van der Waals surface area contributed by atoms with Gasteiger partial charge in [-0.1, -0.05) is 26.7 Å². The van der Waals surface area contributed by atoms with Gasteiger partial charge in [0.05, 0.1) is 0 Å². The lowest BCUT2D eigenvalue weighted by molar-refractivity contribution is 0.541. The van der Waals surface area contributed by atoms with Crippen LogP contribution in [0.4, 0.5) is 0 Å². The third-order valence-corrected chi connectivity index (χ3v) is 2.02. The van der Waals surface area contributed by atoms with Crippen LogP contribution in [0.5, 0.6) is 0 Å². The van der Waals surface area contributed by atoms with E-state index in [1.807, 2.05) is 6.08 Å². The average molecular weight is 167 g/mol. The Kier molecular flexibility index (Phi) is 8.20. The van der Waals surface area contributed by atoms with Crippen LogP contribution in [0.3, 0.4) is 0 Å². The third kappa shape index (κ3) is 6.21. The van der Waals surface area contributed by atoms with Gasteiger partial charge in [-0.3, -0.25) is 0 Å². The van der Waals surface area contributed by atoms with Crippen molar-refractivity contribution >= 4 is 0 Å². The van der Waals surface area contributed by atoms with Crippen molar-refractivity contribution in [2.45, 2.75) is 39.5 Å². The van der Waals surface area contributed by atoms with Gasteiger partial charge in [-0.2, -0.15) is 0 Å². The van der Waals surface area contributed by atoms with Crippen LogP contribution in [0.2, 0.25) is 0 Å². The van der Waals surface area contributed by atoms with Crippen molar-refractivity contribution < 1.29 is 0 Å². The first kappa shape index (κ1) is 11.5. The van der Waals surface area contributed by atoms with E-state index in [4.69, 9.17) is 5.73 Å². The van der Waals surface area contributed by atoms with E-state index in [0.717, 1.165) is 0 Å². The van der Waals surface area contributed by atoms with Crippen LogP contribution < -0.4 is 5.73 Å². The number of rotatable bonds is 6. The molecule has 0 saturated heterocycles. The predicted molar refractivity (Wildman–Crippen MR) is 55.0 cm³/mol. The molecule has 70 valence electrons. The molecule has 0 fully saturated rings. The third-order valence-electron chi connectivity index (χ3n) is 2.02. The molecule has 1 heteroatoms. The molecular weight excluding hydrogens is 146 g/mol. The first-order valence-electron chi connectivity index (χ1n) is 4.96. The highest BCUT2D eigenvalue weighted by molar-refractivity contribution is 4.89. The van der Waals surface area contributed by atoms with Gasteiger partial charge in [-0.25, -0.2) is 0 Å². The van der Waals surface area contributed by atoms with Gasteiger partial charge < -0.3 is 5.73 Å². The molecule has 0 bridgehead atoms. The molecule has 1 nitrogen and oxygen atoms in total. The topological polar surface area (TPSA) is 26.0 Å². The number of nitrogens with two attached hydrogens (primary N) is 1. The Balaban J connectivity index is 3.73. The highest BCUT2D eigenvalue weighted by Crippen LogP contribution is 2.12. The van der Waals surface area contributed by atoms with E-state index >= 15 is 0 Å². The van der Waals surface area contributed by atoms with Crippen LogP contribution >= 0.6 is 0 Å². The Morgan fingerprint density at radius 1 is 1.42 bits per heavy atom. The molecule has 0 saturated carbocycles. The van der Waals surface area contributed by atoms with E-state index in [-0.39, 0.29) is 0 Å². The molecule has 0 spiro atoms. The Morgan fingerprint density at radius 3 is 2.67 bits per heavy atom. The number of unbranched alkanes of at least 4 members (excludes halogenated alkanes) is 1. The summed E-state index contributed by atoms with van der Waals surface area (Å²) in [4.78, 5) is 0. The molecule has 0 amide bonds. The van der Waals surface area contributed by atoms with Crippen LogP contribution in [0.1, 0.15) is 39.5 Å². The van der Waals surface area contributed by atoms with Gasteiger partial charge in [0.25, 0.3) is 0 Å². The fourth-order valence-corrected chi connectivity index (χ4v) is 1.14. The van der Waals surface area contributed by atoms with Crippen molar-refractivity contribution in [1.29, 1.82) is 0 Å². The maximum absolute atomic E-state index is 5.32.